The standard InChI is InChI=1S/C14H19ClN4O4S/c1-8(12(20)19-11-4-3-9(15)7-17-11)23-13(21)10(5-6-24-2)18-14(16)22/h3-4,7-8,10H,5-6H2,1-2H3,(H3,16,18,22)(H,17,19,20)/t8-,10-/m0/s1. The number of halogens is 1. The van der Waals surface area contributed by atoms with Gasteiger partial charge in [0.2, 0.25) is 0 Å². The Bertz CT molecular complexity index is 585. The van der Waals surface area contributed by atoms with Crippen molar-refractivity contribution in [1.82, 2.24) is 10.3 Å². The molecule has 1 heterocycles. The average Bonchev–Trinajstić information content (AvgIpc) is 2.53. The molecule has 1 aromatic rings. The number of hydrogen-bond donors (Lipinski definition) is 3. The molecule has 8 nitrogen and oxygen atoms in total. The summed E-state index contributed by atoms with van der Waals surface area (Å²) in [4.78, 5) is 39.0. The van der Waals surface area contributed by atoms with Crippen molar-refractivity contribution in [2.24, 2.45) is 5.73 Å². The molecular weight excluding hydrogens is 356 g/mol. The number of nitrogens with one attached hydrogen (secondary N) is 2. The highest BCUT2D eigenvalue weighted by molar-refractivity contribution is 7.98. The Kier molecular flexibility index (Phi) is 8.34. The molecule has 0 saturated carbocycles. The van der Waals surface area contributed by atoms with E-state index in [9.17, 15) is 14.4 Å². The summed E-state index contributed by atoms with van der Waals surface area (Å²) in [6.07, 6.45) is 2.52. The number of ether oxygens (including phenoxy) is 1. The van der Waals surface area contributed by atoms with Gasteiger partial charge >= 0.3 is 12.0 Å². The number of carbonyl (C=O) groups excluding carboxylic acids is 3. The van der Waals surface area contributed by atoms with E-state index in [0.29, 0.717) is 17.2 Å². The fourth-order valence-corrected chi connectivity index (χ4v) is 2.23. The first-order valence-electron chi connectivity index (χ1n) is 7.01. The molecule has 1 aromatic heterocycles. The Hall–Kier alpha value is -2.00. The smallest absolute Gasteiger partial charge is 0.329 e. The fraction of sp³-hybridized carbons (Fsp3) is 0.429. The van der Waals surface area contributed by atoms with Crippen molar-refractivity contribution >= 4 is 47.1 Å². The molecule has 0 spiro atoms. The topological polar surface area (TPSA) is 123 Å². The number of nitrogens with two attached hydrogens (primary N) is 1. The van der Waals surface area contributed by atoms with E-state index >= 15 is 0 Å². The number of rotatable bonds is 8. The van der Waals surface area contributed by atoms with E-state index < -0.39 is 30.1 Å². The Labute approximate surface area is 148 Å². The molecule has 10 heteroatoms. The zero-order chi connectivity index (χ0) is 18.1. The molecule has 0 unspecified atom stereocenters. The number of carbonyl (C=O) groups is 3. The van der Waals surface area contributed by atoms with Gasteiger partial charge in [0.25, 0.3) is 5.91 Å². The predicted octanol–water partition coefficient (Wildman–Crippen LogP) is 1.40. The van der Waals surface area contributed by atoms with Crippen LogP contribution in [0.1, 0.15) is 13.3 Å². The molecule has 0 bridgehead atoms. The van der Waals surface area contributed by atoms with E-state index in [4.69, 9.17) is 22.1 Å². The minimum atomic E-state index is -1.07. The zero-order valence-corrected chi connectivity index (χ0v) is 14.8. The summed E-state index contributed by atoms with van der Waals surface area (Å²) in [5.74, 6) is -0.382. The third-order valence-electron chi connectivity index (χ3n) is 2.85. The van der Waals surface area contributed by atoms with Crippen LogP contribution < -0.4 is 16.4 Å². The summed E-state index contributed by atoms with van der Waals surface area (Å²) in [6, 6.07) is 1.35. The summed E-state index contributed by atoms with van der Waals surface area (Å²) < 4.78 is 5.08. The van der Waals surface area contributed by atoms with E-state index in [2.05, 4.69) is 15.6 Å². The minimum Gasteiger partial charge on any atom is -0.451 e. The SMILES string of the molecule is CSCC[C@H](NC(N)=O)C(=O)O[C@@H](C)C(=O)Nc1ccc(Cl)cn1. The van der Waals surface area contributed by atoms with Crippen molar-refractivity contribution in [2.45, 2.75) is 25.5 Å². The number of aromatic nitrogens is 1. The number of anilines is 1. The van der Waals surface area contributed by atoms with E-state index in [1.165, 1.54) is 30.9 Å². The van der Waals surface area contributed by atoms with E-state index in [0.717, 1.165) is 0 Å². The van der Waals surface area contributed by atoms with Gasteiger partial charge in [0.1, 0.15) is 11.9 Å². The van der Waals surface area contributed by atoms with Crippen LogP contribution >= 0.6 is 23.4 Å². The van der Waals surface area contributed by atoms with Crippen molar-refractivity contribution in [1.29, 1.82) is 0 Å². The monoisotopic (exact) mass is 374 g/mol. The average molecular weight is 375 g/mol. The van der Waals surface area contributed by atoms with Gasteiger partial charge in [-0.25, -0.2) is 14.6 Å². The van der Waals surface area contributed by atoms with Gasteiger partial charge in [-0.3, -0.25) is 4.79 Å². The molecule has 0 aliphatic rings. The van der Waals surface area contributed by atoms with Gasteiger partial charge in [-0.2, -0.15) is 11.8 Å². The second-order valence-electron chi connectivity index (χ2n) is 4.77. The van der Waals surface area contributed by atoms with Crippen LogP contribution in [0.2, 0.25) is 5.02 Å². The summed E-state index contributed by atoms with van der Waals surface area (Å²) in [7, 11) is 0. The van der Waals surface area contributed by atoms with E-state index in [1.807, 2.05) is 6.26 Å². The first kappa shape index (κ1) is 20.0. The number of primary amides is 1. The van der Waals surface area contributed by atoms with Crippen LogP contribution in [-0.4, -0.2) is 47.0 Å². The van der Waals surface area contributed by atoms with Crippen LogP contribution in [-0.2, 0) is 14.3 Å². The first-order valence-corrected chi connectivity index (χ1v) is 8.78. The fourth-order valence-electron chi connectivity index (χ4n) is 1.64. The van der Waals surface area contributed by atoms with Crippen LogP contribution in [0.3, 0.4) is 0 Å². The number of urea groups is 1. The lowest BCUT2D eigenvalue weighted by atomic mass is 10.2. The molecular formula is C14H19ClN4O4S. The lowest BCUT2D eigenvalue weighted by Crippen LogP contribution is -2.46. The molecule has 0 aliphatic heterocycles. The summed E-state index contributed by atoms with van der Waals surface area (Å²) in [5, 5.41) is 5.23. The lowest BCUT2D eigenvalue weighted by molar-refractivity contribution is -0.155. The van der Waals surface area contributed by atoms with Gasteiger partial charge < -0.3 is 21.1 Å². The van der Waals surface area contributed by atoms with Gasteiger partial charge in [0.05, 0.1) is 5.02 Å². The Morgan fingerprint density at radius 1 is 1.42 bits per heavy atom. The number of esters is 1. The molecule has 0 fully saturated rings. The van der Waals surface area contributed by atoms with Crippen molar-refractivity contribution in [3.05, 3.63) is 23.4 Å². The molecule has 0 aliphatic carbocycles. The molecule has 1 rings (SSSR count). The van der Waals surface area contributed by atoms with Crippen LogP contribution in [0, 0.1) is 0 Å². The normalized spacial score (nSPS) is 12.8. The lowest BCUT2D eigenvalue weighted by Gasteiger charge is -2.19. The zero-order valence-electron chi connectivity index (χ0n) is 13.2. The van der Waals surface area contributed by atoms with E-state index in [1.54, 1.807) is 6.07 Å². The van der Waals surface area contributed by atoms with Crippen LogP contribution in [0.5, 0.6) is 0 Å². The van der Waals surface area contributed by atoms with Gasteiger partial charge in [-0.05, 0) is 37.5 Å². The number of amides is 3. The number of nitrogens with zero attached hydrogens (tertiary/aromatic N) is 1. The molecule has 4 N–H and O–H groups in total. The minimum absolute atomic E-state index is 0.279. The van der Waals surface area contributed by atoms with Crippen molar-refractivity contribution in [3.8, 4) is 0 Å². The third kappa shape index (κ3) is 7.05. The highest BCUT2D eigenvalue weighted by Crippen LogP contribution is 2.11. The Morgan fingerprint density at radius 3 is 2.67 bits per heavy atom. The quantitative estimate of drug-likeness (QED) is 0.591. The van der Waals surface area contributed by atoms with E-state index in [-0.39, 0.29) is 5.82 Å². The number of hydrogen-bond acceptors (Lipinski definition) is 6. The van der Waals surface area contributed by atoms with Crippen molar-refractivity contribution < 1.29 is 19.1 Å². The maximum Gasteiger partial charge on any atom is 0.329 e. The van der Waals surface area contributed by atoms with Crippen LogP contribution in [0.4, 0.5) is 10.6 Å². The highest BCUT2D eigenvalue weighted by Gasteiger charge is 2.25. The molecule has 132 valence electrons. The molecule has 2 atom stereocenters. The number of thioether (sulfide) groups is 1. The predicted molar refractivity (Wildman–Crippen MR) is 92.9 cm³/mol. The molecule has 0 radical (unpaired) electrons. The summed E-state index contributed by atoms with van der Waals surface area (Å²) >= 11 is 7.21. The Balaban J connectivity index is 2.60. The summed E-state index contributed by atoms with van der Waals surface area (Å²) in [6.45, 7) is 1.42. The van der Waals surface area contributed by atoms with Gasteiger partial charge in [-0.15, -0.1) is 0 Å². The van der Waals surface area contributed by atoms with Gasteiger partial charge in [0, 0.05) is 6.20 Å². The third-order valence-corrected chi connectivity index (χ3v) is 3.72. The first-order chi connectivity index (χ1) is 11.3. The van der Waals surface area contributed by atoms with Crippen molar-refractivity contribution in [2.75, 3.05) is 17.3 Å². The molecule has 3 amide bonds. The van der Waals surface area contributed by atoms with Crippen LogP contribution in [0.15, 0.2) is 18.3 Å². The second kappa shape index (κ2) is 9.99. The maximum atomic E-state index is 12.1. The van der Waals surface area contributed by atoms with Gasteiger partial charge in [-0.1, -0.05) is 11.6 Å². The highest BCUT2D eigenvalue weighted by atomic mass is 35.5. The van der Waals surface area contributed by atoms with Crippen LogP contribution in [0.25, 0.3) is 0 Å². The largest absolute Gasteiger partial charge is 0.451 e. The molecule has 0 saturated heterocycles. The molecule has 24 heavy (non-hydrogen) atoms. The molecule has 0 aromatic carbocycles. The second-order valence-corrected chi connectivity index (χ2v) is 6.19. The van der Waals surface area contributed by atoms with Crippen molar-refractivity contribution in [3.63, 3.8) is 0 Å². The van der Waals surface area contributed by atoms with Gasteiger partial charge in [0.15, 0.2) is 6.10 Å². The Morgan fingerprint density at radius 2 is 2.12 bits per heavy atom. The summed E-state index contributed by atoms with van der Waals surface area (Å²) in [5.41, 5.74) is 5.04. The number of pyridine rings is 1. The maximum absolute atomic E-state index is 12.1.